The number of carbonyl (C=O) groups is 1. The Morgan fingerprint density at radius 1 is 1.53 bits per heavy atom. The summed E-state index contributed by atoms with van der Waals surface area (Å²) in [6.07, 6.45) is 1.58. The van der Waals surface area contributed by atoms with Crippen LogP contribution in [0.5, 0.6) is 0 Å². The summed E-state index contributed by atoms with van der Waals surface area (Å²) in [4.78, 5) is 18.7. The summed E-state index contributed by atoms with van der Waals surface area (Å²) < 4.78 is 1.42. The van der Waals surface area contributed by atoms with Gasteiger partial charge in [-0.05, 0) is 19.1 Å². The van der Waals surface area contributed by atoms with Crippen molar-refractivity contribution in [2.45, 2.75) is 13.0 Å². The Morgan fingerprint density at radius 3 is 2.89 bits per heavy atom. The van der Waals surface area contributed by atoms with Crippen molar-refractivity contribution in [2.24, 2.45) is 0 Å². The molecule has 19 heavy (non-hydrogen) atoms. The van der Waals surface area contributed by atoms with Crippen molar-refractivity contribution in [3.05, 3.63) is 36.0 Å². The van der Waals surface area contributed by atoms with Crippen LogP contribution in [0.1, 0.15) is 24.4 Å². The van der Waals surface area contributed by atoms with Gasteiger partial charge in [0.15, 0.2) is 11.6 Å². The minimum atomic E-state index is -1.14. The van der Waals surface area contributed by atoms with E-state index >= 15 is 0 Å². The molecule has 0 aliphatic carbocycles. The molecule has 0 spiro atoms. The summed E-state index contributed by atoms with van der Waals surface area (Å²) in [5.74, 6) is 0.880. The van der Waals surface area contributed by atoms with E-state index in [1.807, 2.05) is 6.07 Å². The van der Waals surface area contributed by atoms with E-state index in [9.17, 15) is 4.79 Å². The van der Waals surface area contributed by atoms with E-state index in [1.54, 1.807) is 19.1 Å². The molecule has 8 heteroatoms. The first-order valence-electron chi connectivity index (χ1n) is 5.37. The van der Waals surface area contributed by atoms with Crippen molar-refractivity contribution in [1.29, 1.82) is 5.26 Å². The first-order chi connectivity index (χ1) is 9.11. The minimum absolute atomic E-state index is 0.416. The van der Waals surface area contributed by atoms with E-state index in [1.165, 1.54) is 17.2 Å². The molecule has 2 aromatic heterocycles. The van der Waals surface area contributed by atoms with Crippen molar-refractivity contribution >= 4 is 6.09 Å². The number of rotatable bonds is 3. The van der Waals surface area contributed by atoms with Gasteiger partial charge in [0.25, 0.3) is 0 Å². The van der Waals surface area contributed by atoms with Crippen molar-refractivity contribution in [3.63, 3.8) is 0 Å². The van der Waals surface area contributed by atoms with Crippen LogP contribution in [0.25, 0.3) is 5.82 Å². The largest absolute Gasteiger partial charge is 0.465 e. The third-order valence-electron chi connectivity index (χ3n) is 2.40. The van der Waals surface area contributed by atoms with Crippen LogP contribution < -0.4 is 5.32 Å². The lowest BCUT2D eigenvalue weighted by atomic mass is 10.3. The zero-order chi connectivity index (χ0) is 13.8. The maximum atomic E-state index is 10.6. The third-order valence-corrected chi connectivity index (χ3v) is 2.40. The fraction of sp³-hybridized carbons (Fsp3) is 0.182. The van der Waals surface area contributed by atoms with Gasteiger partial charge in [0.05, 0.1) is 11.6 Å². The van der Waals surface area contributed by atoms with E-state index in [4.69, 9.17) is 10.4 Å². The third kappa shape index (κ3) is 2.66. The van der Waals surface area contributed by atoms with Crippen LogP contribution >= 0.6 is 0 Å². The maximum absolute atomic E-state index is 10.6. The predicted octanol–water partition coefficient (Wildman–Crippen LogP) is 0.863. The molecule has 0 aliphatic rings. The zero-order valence-corrected chi connectivity index (χ0v) is 9.98. The highest BCUT2D eigenvalue weighted by molar-refractivity contribution is 5.64. The molecule has 1 atom stereocenters. The van der Waals surface area contributed by atoms with Crippen molar-refractivity contribution in [3.8, 4) is 11.9 Å². The molecule has 0 bridgehead atoms. The van der Waals surface area contributed by atoms with Crippen molar-refractivity contribution in [2.75, 3.05) is 0 Å². The standard InChI is InChI=1S/C11H10N6O2/c1-7(16-11(18)19)10-14-6-15-17(10)9-3-2-8(4-12)5-13-9/h2-3,5-7,16H,1H3,(H,18,19)/t7-/m0/s1. The normalized spacial score (nSPS) is 11.6. The zero-order valence-electron chi connectivity index (χ0n) is 9.98. The second-order valence-electron chi connectivity index (χ2n) is 3.72. The predicted molar refractivity (Wildman–Crippen MR) is 63.4 cm³/mol. The minimum Gasteiger partial charge on any atom is -0.465 e. The van der Waals surface area contributed by atoms with Crippen LogP contribution in [0.4, 0.5) is 4.79 Å². The first-order valence-corrected chi connectivity index (χ1v) is 5.37. The second kappa shape index (κ2) is 5.14. The number of nitriles is 1. The number of nitrogens with one attached hydrogen (secondary N) is 1. The summed E-state index contributed by atoms with van der Waals surface area (Å²) >= 11 is 0. The molecule has 0 radical (unpaired) electrons. The average molecular weight is 258 g/mol. The van der Waals surface area contributed by atoms with Crippen LogP contribution in [0.2, 0.25) is 0 Å². The summed E-state index contributed by atoms with van der Waals surface area (Å²) in [6.45, 7) is 1.65. The molecule has 0 aliphatic heterocycles. The van der Waals surface area contributed by atoms with Gasteiger partial charge >= 0.3 is 6.09 Å². The molecule has 0 aromatic carbocycles. The molecule has 96 valence electrons. The molecular weight excluding hydrogens is 248 g/mol. The number of hydrogen-bond acceptors (Lipinski definition) is 5. The molecule has 2 rings (SSSR count). The molecule has 0 unspecified atom stereocenters. The average Bonchev–Trinajstić information content (AvgIpc) is 2.87. The quantitative estimate of drug-likeness (QED) is 0.843. The Labute approximate surface area is 108 Å². The van der Waals surface area contributed by atoms with Gasteiger partial charge in [0.2, 0.25) is 0 Å². The van der Waals surface area contributed by atoms with Gasteiger partial charge < -0.3 is 10.4 Å². The van der Waals surface area contributed by atoms with E-state index in [2.05, 4.69) is 20.4 Å². The smallest absolute Gasteiger partial charge is 0.405 e. The van der Waals surface area contributed by atoms with Crippen LogP contribution in [0.15, 0.2) is 24.7 Å². The lowest BCUT2D eigenvalue weighted by Crippen LogP contribution is -2.27. The monoisotopic (exact) mass is 258 g/mol. The van der Waals surface area contributed by atoms with E-state index in [-0.39, 0.29) is 0 Å². The van der Waals surface area contributed by atoms with Gasteiger partial charge in [0, 0.05) is 6.20 Å². The summed E-state index contributed by atoms with van der Waals surface area (Å²) in [5, 5.41) is 23.7. The van der Waals surface area contributed by atoms with E-state index < -0.39 is 12.1 Å². The molecule has 0 saturated heterocycles. The van der Waals surface area contributed by atoms with Gasteiger partial charge in [-0.2, -0.15) is 15.0 Å². The molecular formula is C11H10N6O2. The number of carboxylic acid groups (broad SMARTS) is 1. The lowest BCUT2D eigenvalue weighted by molar-refractivity contribution is 0.190. The van der Waals surface area contributed by atoms with Gasteiger partial charge in [-0.1, -0.05) is 0 Å². The Morgan fingerprint density at radius 2 is 2.32 bits per heavy atom. The second-order valence-corrected chi connectivity index (χ2v) is 3.72. The van der Waals surface area contributed by atoms with E-state index in [0.29, 0.717) is 17.2 Å². The fourth-order valence-corrected chi connectivity index (χ4v) is 1.55. The summed E-state index contributed by atoms with van der Waals surface area (Å²) in [7, 11) is 0. The van der Waals surface area contributed by atoms with Crippen LogP contribution in [0.3, 0.4) is 0 Å². The number of hydrogen-bond donors (Lipinski definition) is 2. The number of pyridine rings is 1. The summed E-state index contributed by atoms with van der Waals surface area (Å²) in [5.41, 5.74) is 0.433. The highest BCUT2D eigenvalue weighted by Crippen LogP contribution is 2.13. The highest BCUT2D eigenvalue weighted by Gasteiger charge is 2.16. The number of nitrogens with zero attached hydrogens (tertiary/aromatic N) is 5. The summed E-state index contributed by atoms with van der Waals surface area (Å²) in [6, 6.07) is 4.65. The molecule has 2 aromatic rings. The fourth-order valence-electron chi connectivity index (χ4n) is 1.55. The first kappa shape index (κ1) is 12.5. The number of aromatic nitrogens is 4. The SMILES string of the molecule is C[C@H](NC(=O)O)c1ncnn1-c1ccc(C#N)cn1. The maximum Gasteiger partial charge on any atom is 0.405 e. The molecule has 0 fully saturated rings. The molecule has 8 nitrogen and oxygen atoms in total. The Bertz CT molecular complexity index is 627. The Balaban J connectivity index is 2.33. The van der Waals surface area contributed by atoms with Crippen LogP contribution in [-0.4, -0.2) is 30.9 Å². The van der Waals surface area contributed by atoms with Gasteiger partial charge in [0.1, 0.15) is 12.4 Å². The topological polar surface area (TPSA) is 117 Å². The Kier molecular flexibility index (Phi) is 3.38. The molecule has 2 N–H and O–H groups in total. The molecule has 2 heterocycles. The molecule has 0 saturated carbocycles. The van der Waals surface area contributed by atoms with E-state index in [0.717, 1.165) is 0 Å². The molecule has 1 amide bonds. The lowest BCUT2D eigenvalue weighted by Gasteiger charge is -2.11. The van der Waals surface area contributed by atoms with Crippen LogP contribution in [0, 0.1) is 11.3 Å². The van der Waals surface area contributed by atoms with Crippen LogP contribution in [-0.2, 0) is 0 Å². The highest BCUT2D eigenvalue weighted by atomic mass is 16.4. The van der Waals surface area contributed by atoms with Crippen molar-refractivity contribution < 1.29 is 9.90 Å². The van der Waals surface area contributed by atoms with Crippen molar-refractivity contribution in [1.82, 2.24) is 25.1 Å². The van der Waals surface area contributed by atoms with Gasteiger partial charge in [-0.3, -0.25) is 0 Å². The van der Waals surface area contributed by atoms with Gasteiger partial charge in [-0.15, -0.1) is 0 Å². The van der Waals surface area contributed by atoms with Gasteiger partial charge in [-0.25, -0.2) is 14.8 Å². The Hall–Kier alpha value is -2.95. The number of amides is 1.